The van der Waals surface area contributed by atoms with Crippen molar-refractivity contribution in [1.82, 2.24) is 19.9 Å². The highest BCUT2D eigenvalue weighted by molar-refractivity contribution is 5.91. The number of nitrogens with one attached hydrogen (secondary N) is 1. The van der Waals surface area contributed by atoms with Crippen molar-refractivity contribution in [2.24, 2.45) is 0 Å². The molecule has 0 radical (unpaired) electrons. The lowest BCUT2D eigenvalue weighted by molar-refractivity contribution is 0.0946. The summed E-state index contributed by atoms with van der Waals surface area (Å²) < 4.78 is 6.69. The van der Waals surface area contributed by atoms with E-state index < -0.39 is 5.76 Å². The molecule has 1 aromatic carbocycles. The average Bonchev–Trinajstić information content (AvgIpc) is 2.83. The summed E-state index contributed by atoms with van der Waals surface area (Å²) in [4.78, 5) is 31.4. The summed E-state index contributed by atoms with van der Waals surface area (Å²) in [7, 11) is 0. The van der Waals surface area contributed by atoms with E-state index in [4.69, 9.17) is 4.42 Å². The van der Waals surface area contributed by atoms with E-state index in [1.807, 2.05) is 25.1 Å². The van der Waals surface area contributed by atoms with Crippen LogP contribution in [-0.2, 0) is 6.54 Å². The molecular formula is C15H14N4O3. The maximum atomic E-state index is 11.9. The second kappa shape index (κ2) is 5.80. The van der Waals surface area contributed by atoms with Crippen LogP contribution >= 0.6 is 0 Å². The van der Waals surface area contributed by atoms with Crippen LogP contribution in [0.15, 0.2) is 46.0 Å². The van der Waals surface area contributed by atoms with Gasteiger partial charge in [0.15, 0.2) is 5.58 Å². The van der Waals surface area contributed by atoms with Gasteiger partial charge >= 0.3 is 5.76 Å². The minimum Gasteiger partial charge on any atom is -0.408 e. The normalized spacial score (nSPS) is 10.8. The van der Waals surface area contributed by atoms with Crippen molar-refractivity contribution in [2.75, 3.05) is 6.54 Å². The molecule has 0 atom stereocenters. The number of amides is 1. The minimum absolute atomic E-state index is 0.238. The first-order valence-corrected chi connectivity index (χ1v) is 6.79. The molecule has 0 saturated carbocycles. The predicted molar refractivity (Wildman–Crippen MR) is 79.6 cm³/mol. The highest BCUT2D eigenvalue weighted by Gasteiger charge is 2.10. The van der Waals surface area contributed by atoms with Crippen LogP contribution in [0.2, 0.25) is 0 Å². The van der Waals surface area contributed by atoms with Gasteiger partial charge in [0, 0.05) is 25.5 Å². The van der Waals surface area contributed by atoms with Gasteiger partial charge in [-0.1, -0.05) is 6.07 Å². The van der Waals surface area contributed by atoms with Crippen molar-refractivity contribution in [3.05, 3.63) is 58.6 Å². The van der Waals surface area contributed by atoms with Crippen molar-refractivity contribution >= 4 is 17.0 Å². The first-order chi connectivity index (χ1) is 10.6. The Kier molecular flexibility index (Phi) is 3.69. The number of benzene rings is 1. The van der Waals surface area contributed by atoms with Gasteiger partial charge in [-0.25, -0.2) is 9.78 Å². The molecule has 0 aliphatic rings. The van der Waals surface area contributed by atoms with Gasteiger partial charge in [0.2, 0.25) is 0 Å². The number of oxazole rings is 1. The first-order valence-electron chi connectivity index (χ1n) is 6.79. The molecule has 3 aromatic rings. The standard InChI is InChI=1S/C15H14N4O3/c1-10-2-3-12-13(8-10)22-15(21)19(12)7-6-18-14(20)11-9-16-4-5-17-11/h2-5,8-9H,6-7H2,1H3,(H,18,20). The Bertz CT molecular complexity index is 867. The van der Waals surface area contributed by atoms with Gasteiger partial charge in [-0.3, -0.25) is 14.3 Å². The third-order valence-corrected chi connectivity index (χ3v) is 3.24. The van der Waals surface area contributed by atoms with Gasteiger partial charge in [0.1, 0.15) is 5.69 Å². The number of hydrogen-bond acceptors (Lipinski definition) is 5. The van der Waals surface area contributed by atoms with Crippen LogP contribution in [0.25, 0.3) is 11.1 Å². The van der Waals surface area contributed by atoms with E-state index in [0.717, 1.165) is 5.56 Å². The maximum absolute atomic E-state index is 11.9. The molecule has 22 heavy (non-hydrogen) atoms. The highest BCUT2D eigenvalue weighted by atomic mass is 16.4. The molecule has 0 spiro atoms. The molecule has 0 unspecified atom stereocenters. The fourth-order valence-electron chi connectivity index (χ4n) is 2.17. The number of nitrogens with zero attached hydrogens (tertiary/aromatic N) is 3. The fourth-order valence-corrected chi connectivity index (χ4v) is 2.17. The maximum Gasteiger partial charge on any atom is 0.420 e. The number of aryl methyl sites for hydroxylation is 1. The van der Waals surface area contributed by atoms with Gasteiger partial charge in [0.05, 0.1) is 11.7 Å². The van der Waals surface area contributed by atoms with Crippen LogP contribution in [0.3, 0.4) is 0 Å². The lowest BCUT2D eigenvalue weighted by atomic mass is 10.2. The monoisotopic (exact) mass is 298 g/mol. The van der Waals surface area contributed by atoms with Gasteiger partial charge in [-0.2, -0.15) is 0 Å². The molecule has 7 heteroatoms. The summed E-state index contributed by atoms with van der Waals surface area (Å²) in [6.07, 6.45) is 4.33. The summed E-state index contributed by atoms with van der Waals surface area (Å²) in [6.45, 7) is 2.54. The van der Waals surface area contributed by atoms with Crippen LogP contribution in [0.5, 0.6) is 0 Å². The Morgan fingerprint density at radius 3 is 3.00 bits per heavy atom. The molecule has 0 fully saturated rings. The lowest BCUT2D eigenvalue weighted by Crippen LogP contribution is -2.30. The number of carbonyl (C=O) groups excluding carboxylic acids is 1. The zero-order valence-corrected chi connectivity index (χ0v) is 11.9. The van der Waals surface area contributed by atoms with Crippen molar-refractivity contribution in [2.45, 2.75) is 13.5 Å². The third-order valence-electron chi connectivity index (χ3n) is 3.24. The van der Waals surface area contributed by atoms with Gasteiger partial charge in [-0.05, 0) is 24.6 Å². The largest absolute Gasteiger partial charge is 0.420 e. The van der Waals surface area contributed by atoms with Crippen molar-refractivity contribution in [3.63, 3.8) is 0 Å². The van der Waals surface area contributed by atoms with Crippen molar-refractivity contribution in [1.29, 1.82) is 0 Å². The number of hydrogen-bond donors (Lipinski definition) is 1. The molecule has 7 nitrogen and oxygen atoms in total. The van der Waals surface area contributed by atoms with Crippen LogP contribution in [0.4, 0.5) is 0 Å². The van der Waals surface area contributed by atoms with Crippen LogP contribution in [0, 0.1) is 6.92 Å². The topological polar surface area (TPSA) is 90.0 Å². The summed E-state index contributed by atoms with van der Waals surface area (Å²) in [5.41, 5.74) is 2.52. The second-order valence-electron chi connectivity index (χ2n) is 4.84. The molecule has 1 amide bonds. The van der Waals surface area contributed by atoms with Crippen molar-refractivity contribution < 1.29 is 9.21 Å². The van der Waals surface area contributed by atoms with E-state index in [1.165, 1.54) is 23.2 Å². The Morgan fingerprint density at radius 2 is 2.23 bits per heavy atom. The Labute approximate surface area is 125 Å². The van der Waals surface area contributed by atoms with Crippen LogP contribution in [-0.4, -0.2) is 27.0 Å². The van der Waals surface area contributed by atoms with Crippen LogP contribution in [0.1, 0.15) is 16.1 Å². The quantitative estimate of drug-likeness (QED) is 0.779. The number of aromatic nitrogens is 3. The van der Waals surface area contributed by atoms with E-state index in [9.17, 15) is 9.59 Å². The molecule has 0 saturated heterocycles. The molecule has 0 aliphatic carbocycles. The summed E-state index contributed by atoms with van der Waals surface area (Å²) >= 11 is 0. The zero-order valence-electron chi connectivity index (χ0n) is 11.9. The molecule has 112 valence electrons. The summed E-state index contributed by atoms with van der Waals surface area (Å²) in [5.74, 6) is -0.765. The lowest BCUT2D eigenvalue weighted by Gasteiger charge is -2.05. The summed E-state index contributed by atoms with van der Waals surface area (Å²) in [6, 6.07) is 5.55. The minimum atomic E-state index is -0.436. The SMILES string of the molecule is Cc1ccc2c(c1)oc(=O)n2CCNC(=O)c1cnccn1. The molecule has 2 aromatic heterocycles. The Balaban J connectivity index is 1.71. The third kappa shape index (κ3) is 2.73. The Hall–Kier alpha value is -2.96. The molecule has 0 aliphatic heterocycles. The zero-order chi connectivity index (χ0) is 15.5. The van der Waals surface area contributed by atoms with Crippen LogP contribution < -0.4 is 11.1 Å². The average molecular weight is 298 g/mol. The van der Waals surface area contributed by atoms with E-state index in [2.05, 4.69) is 15.3 Å². The smallest absolute Gasteiger partial charge is 0.408 e. The van der Waals surface area contributed by atoms with Crippen molar-refractivity contribution in [3.8, 4) is 0 Å². The molecule has 3 rings (SSSR count). The van der Waals surface area contributed by atoms with E-state index in [1.54, 1.807) is 0 Å². The number of rotatable bonds is 4. The van der Waals surface area contributed by atoms with E-state index >= 15 is 0 Å². The van der Waals surface area contributed by atoms with Gasteiger partial charge in [0.25, 0.3) is 5.91 Å². The number of carbonyl (C=O) groups is 1. The Morgan fingerprint density at radius 1 is 1.36 bits per heavy atom. The molecular weight excluding hydrogens is 284 g/mol. The van der Waals surface area contributed by atoms with Gasteiger partial charge < -0.3 is 9.73 Å². The van der Waals surface area contributed by atoms with E-state index in [0.29, 0.717) is 17.6 Å². The van der Waals surface area contributed by atoms with E-state index in [-0.39, 0.29) is 18.1 Å². The molecule has 1 N–H and O–H groups in total. The fraction of sp³-hybridized carbons (Fsp3) is 0.200. The summed E-state index contributed by atoms with van der Waals surface area (Å²) in [5, 5.41) is 2.70. The molecule has 0 bridgehead atoms. The first kappa shape index (κ1) is 14.0. The molecule has 2 heterocycles. The van der Waals surface area contributed by atoms with Gasteiger partial charge in [-0.15, -0.1) is 0 Å². The number of fused-ring (bicyclic) bond motifs is 1. The second-order valence-corrected chi connectivity index (χ2v) is 4.84. The highest BCUT2D eigenvalue weighted by Crippen LogP contribution is 2.14. The predicted octanol–water partition coefficient (Wildman–Crippen LogP) is 1.12.